The second-order valence-corrected chi connectivity index (χ2v) is 10.4. The summed E-state index contributed by atoms with van der Waals surface area (Å²) in [6.07, 6.45) is 14.0. The largest absolute Gasteiger partial charge is 0.352 e. The number of amides is 3. The quantitative estimate of drug-likeness (QED) is 0.241. The predicted octanol–water partition coefficient (Wildman–Crippen LogP) is 3.86. The molecule has 2 heterocycles. The summed E-state index contributed by atoms with van der Waals surface area (Å²) in [6.45, 7) is 18.5. The maximum atomic E-state index is 12.3. The van der Waals surface area contributed by atoms with Gasteiger partial charge in [-0.3, -0.25) is 14.4 Å². The molecule has 3 amide bonds. The lowest BCUT2D eigenvalue weighted by molar-refractivity contribution is -0.132. The number of aryl methyl sites for hydroxylation is 1. The molecular weight excluding hydrogens is 480 g/mol. The molecule has 2 N–H and O–H groups in total. The third-order valence-electron chi connectivity index (χ3n) is 6.20. The van der Waals surface area contributed by atoms with Crippen LogP contribution in [0.4, 0.5) is 0 Å². The Morgan fingerprint density at radius 3 is 2.21 bits per heavy atom. The van der Waals surface area contributed by atoms with Gasteiger partial charge in [0.2, 0.25) is 18.2 Å². The SMILES string of the molecule is C/C(=C\[C@H](C(C)C)N(C)C(=O)CNC=O)C(=O)NCCCn1ccnc1.CC(C)N1CCCCC1.CCC. The molecule has 1 aliphatic rings. The van der Waals surface area contributed by atoms with E-state index in [0.717, 1.165) is 19.0 Å². The molecule has 218 valence electrons. The van der Waals surface area contributed by atoms with Crippen molar-refractivity contribution in [2.75, 3.05) is 33.2 Å². The van der Waals surface area contributed by atoms with Gasteiger partial charge in [-0.15, -0.1) is 0 Å². The van der Waals surface area contributed by atoms with Crippen LogP contribution < -0.4 is 10.6 Å². The molecule has 0 spiro atoms. The van der Waals surface area contributed by atoms with Crippen molar-refractivity contribution in [3.63, 3.8) is 0 Å². The van der Waals surface area contributed by atoms with Gasteiger partial charge in [0, 0.05) is 44.1 Å². The second kappa shape index (κ2) is 21.3. The number of carbonyl (C=O) groups excluding carboxylic acids is 3. The lowest BCUT2D eigenvalue weighted by atomic mass is 10.00. The molecule has 1 fully saturated rings. The zero-order valence-corrected chi connectivity index (χ0v) is 25.2. The van der Waals surface area contributed by atoms with Crippen molar-refractivity contribution >= 4 is 18.2 Å². The number of aromatic nitrogens is 2. The Bertz CT molecular complexity index is 786. The zero-order valence-electron chi connectivity index (χ0n) is 25.2. The van der Waals surface area contributed by atoms with E-state index in [4.69, 9.17) is 0 Å². The molecule has 0 aliphatic carbocycles. The molecule has 1 atom stereocenters. The first-order valence-electron chi connectivity index (χ1n) is 14.2. The van der Waals surface area contributed by atoms with Gasteiger partial charge < -0.3 is 25.0 Å². The van der Waals surface area contributed by atoms with Gasteiger partial charge in [0.05, 0.1) is 18.9 Å². The summed E-state index contributed by atoms with van der Waals surface area (Å²) in [5.41, 5.74) is 0.564. The molecule has 0 aromatic carbocycles. The van der Waals surface area contributed by atoms with Crippen molar-refractivity contribution in [3.05, 3.63) is 30.4 Å². The molecule has 0 saturated carbocycles. The van der Waals surface area contributed by atoms with Gasteiger partial charge in [0.15, 0.2) is 0 Å². The number of rotatable bonds is 12. The molecule has 0 unspecified atom stereocenters. The predicted molar refractivity (Wildman–Crippen MR) is 156 cm³/mol. The highest BCUT2D eigenvalue weighted by Crippen LogP contribution is 2.13. The van der Waals surface area contributed by atoms with E-state index in [1.54, 1.807) is 37.5 Å². The lowest BCUT2D eigenvalue weighted by Crippen LogP contribution is -2.43. The number of piperidine rings is 1. The highest BCUT2D eigenvalue weighted by atomic mass is 16.2. The van der Waals surface area contributed by atoms with Crippen LogP contribution >= 0.6 is 0 Å². The first-order valence-corrected chi connectivity index (χ1v) is 14.2. The number of imidazole rings is 1. The number of hydrogen-bond acceptors (Lipinski definition) is 5. The van der Waals surface area contributed by atoms with E-state index in [-0.39, 0.29) is 30.3 Å². The fourth-order valence-corrected chi connectivity index (χ4v) is 3.96. The van der Waals surface area contributed by atoms with E-state index in [1.807, 2.05) is 24.6 Å². The number of nitrogens with one attached hydrogen (secondary N) is 2. The average molecular weight is 535 g/mol. The van der Waals surface area contributed by atoms with Crippen molar-refractivity contribution in [1.29, 1.82) is 0 Å². The molecular formula is C29H54N6O3. The number of hydrogen-bond donors (Lipinski definition) is 2. The van der Waals surface area contributed by atoms with Crippen LogP contribution in [0.5, 0.6) is 0 Å². The highest BCUT2D eigenvalue weighted by molar-refractivity contribution is 5.93. The first kappa shape index (κ1) is 35.3. The normalized spacial score (nSPS) is 14.5. The van der Waals surface area contributed by atoms with Crippen LogP contribution in [0.15, 0.2) is 30.4 Å². The number of likely N-dealkylation sites (N-methyl/N-ethyl adjacent to an activating group) is 1. The van der Waals surface area contributed by atoms with Crippen molar-refractivity contribution in [1.82, 2.24) is 30.0 Å². The third-order valence-corrected chi connectivity index (χ3v) is 6.20. The molecule has 1 aromatic rings. The Labute approximate surface area is 231 Å². The maximum absolute atomic E-state index is 12.3. The molecule has 0 bridgehead atoms. The van der Waals surface area contributed by atoms with Gasteiger partial charge in [0.25, 0.3) is 0 Å². The topological polar surface area (TPSA) is 99.6 Å². The summed E-state index contributed by atoms with van der Waals surface area (Å²) in [4.78, 5) is 42.8. The van der Waals surface area contributed by atoms with Crippen LogP contribution in [-0.4, -0.2) is 82.9 Å². The van der Waals surface area contributed by atoms with Crippen molar-refractivity contribution in [2.24, 2.45) is 5.92 Å². The maximum Gasteiger partial charge on any atom is 0.246 e. The fraction of sp³-hybridized carbons (Fsp3) is 0.724. The monoisotopic (exact) mass is 534 g/mol. The Morgan fingerprint density at radius 1 is 1.11 bits per heavy atom. The summed E-state index contributed by atoms with van der Waals surface area (Å²) in [5.74, 6) is -0.224. The van der Waals surface area contributed by atoms with Crippen molar-refractivity contribution in [2.45, 2.75) is 99.2 Å². The standard InChI is InChI=1S/C18H29N5O3.C8H17N.C3H8/c1-14(2)16(22(4)17(25)11-20-13-24)10-15(3)18(26)21-6-5-8-23-9-7-19-12-23;1-8(2)9-6-4-3-5-7-9;1-3-2/h7,9-10,12-14,16H,5-6,8,11H2,1-4H3,(H,20,24)(H,21,26);8H,3-7H2,1-2H3;3H2,1-2H3/b15-10+;;/t16-;;/m1../s1. The second-order valence-electron chi connectivity index (χ2n) is 10.4. The minimum atomic E-state index is -0.229. The number of likely N-dealkylation sites (tertiary alicyclic amines) is 1. The summed E-state index contributed by atoms with van der Waals surface area (Å²) >= 11 is 0. The van der Waals surface area contributed by atoms with Crippen molar-refractivity contribution in [3.8, 4) is 0 Å². The minimum Gasteiger partial charge on any atom is -0.352 e. The Morgan fingerprint density at radius 2 is 1.74 bits per heavy atom. The van der Waals surface area contributed by atoms with E-state index in [2.05, 4.69) is 48.2 Å². The Hall–Kier alpha value is -2.68. The van der Waals surface area contributed by atoms with E-state index in [1.165, 1.54) is 38.8 Å². The molecule has 0 radical (unpaired) electrons. The van der Waals surface area contributed by atoms with Crippen LogP contribution in [0.1, 0.15) is 80.6 Å². The Balaban J connectivity index is 0.000000938. The molecule has 9 nitrogen and oxygen atoms in total. The molecule has 9 heteroatoms. The minimum absolute atomic E-state index is 0.0590. The first-order chi connectivity index (χ1) is 18.1. The van der Waals surface area contributed by atoms with Crippen LogP contribution in [0.2, 0.25) is 0 Å². The molecule has 1 saturated heterocycles. The van der Waals surface area contributed by atoms with Gasteiger partial charge in [-0.1, -0.05) is 46.6 Å². The van der Waals surface area contributed by atoms with E-state index >= 15 is 0 Å². The van der Waals surface area contributed by atoms with Crippen LogP contribution in [0.25, 0.3) is 0 Å². The van der Waals surface area contributed by atoms with Gasteiger partial charge in [0.1, 0.15) is 0 Å². The molecule has 1 aliphatic heterocycles. The summed E-state index contributed by atoms with van der Waals surface area (Å²) < 4.78 is 1.96. The summed E-state index contributed by atoms with van der Waals surface area (Å²) in [7, 11) is 1.67. The number of carbonyl (C=O) groups is 3. The zero-order chi connectivity index (χ0) is 28.9. The van der Waals surface area contributed by atoms with Gasteiger partial charge in [-0.25, -0.2) is 4.98 Å². The van der Waals surface area contributed by atoms with Gasteiger partial charge >= 0.3 is 0 Å². The average Bonchev–Trinajstić information content (AvgIpc) is 3.42. The Kier molecular flexibility index (Phi) is 19.8. The fourth-order valence-electron chi connectivity index (χ4n) is 3.96. The van der Waals surface area contributed by atoms with Crippen molar-refractivity contribution < 1.29 is 14.4 Å². The highest BCUT2D eigenvalue weighted by Gasteiger charge is 2.22. The van der Waals surface area contributed by atoms with Crippen LogP contribution in [-0.2, 0) is 20.9 Å². The van der Waals surface area contributed by atoms with Gasteiger partial charge in [-0.2, -0.15) is 0 Å². The lowest BCUT2D eigenvalue weighted by Gasteiger charge is -2.29. The molecule has 1 aromatic heterocycles. The smallest absolute Gasteiger partial charge is 0.246 e. The third kappa shape index (κ3) is 15.5. The van der Waals surface area contributed by atoms with E-state index < -0.39 is 0 Å². The van der Waals surface area contributed by atoms with Crippen LogP contribution in [0, 0.1) is 5.92 Å². The van der Waals surface area contributed by atoms with Crippen LogP contribution in [0.3, 0.4) is 0 Å². The van der Waals surface area contributed by atoms with E-state index in [0.29, 0.717) is 18.5 Å². The molecule has 2 rings (SSSR count). The van der Waals surface area contributed by atoms with Gasteiger partial charge in [-0.05, 0) is 59.0 Å². The molecule has 38 heavy (non-hydrogen) atoms. The summed E-state index contributed by atoms with van der Waals surface area (Å²) in [6, 6.07) is 0.540. The number of nitrogens with zero attached hydrogens (tertiary/aromatic N) is 4. The van der Waals surface area contributed by atoms with E-state index in [9.17, 15) is 14.4 Å². The summed E-state index contributed by atoms with van der Waals surface area (Å²) in [5, 5.41) is 5.26.